The lowest BCUT2D eigenvalue weighted by Gasteiger charge is -2.11. The molecule has 2 aromatic carbocycles. The van der Waals surface area contributed by atoms with Gasteiger partial charge in [-0.1, -0.05) is 18.2 Å². The van der Waals surface area contributed by atoms with Gasteiger partial charge in [-0.05, 0) is 29.8 Å². The molecule has 116 valence electrons. The predicted octanol–water partition coefficient (Wildman–Crippen LogP) is 4.08. The smallest absolute Gasteiger partial charge is 0.151 e. The van der Waals surface area contributed by atoms with Crippen LogP contribution in [-0.4, -0.2) is 14.5 Å². The Morgan fingerprint density at radius 3 is 2.96 bits per heavy atom. The number of hydrogen-bond acceptors (Lipinski definition) is 3. The van der Waals surface area contributed by atoms with E-state index in [0.717, 1.165) is 16.5 Å². The van der Waals surface area contributed by atoms with Gasteiger partial charge in [0, 0.05) is 30.5 Å². The number of hydrogen-bond donors (Lipinski definition) is 1. The maximum atomic E-state index is 9.36. The van der Waals surface area contributed by atoms with Gasteiger partial charge < -0.3 is 14.3 Å². The number of aromatic amines is 1. The number of fused-ring (bicyclic) bond motifs is 1. The third-order valence-electron chi connectivity index (χ3n) is 3.86. The second-order valence-electron chi connectivity index (χ2n) is 5.48. The fraction of sp³-hybridized carbons (Fsp3) is 0.0526. The molecule has 5 heteroatoms. The Bertz CT molecular complexity index is 1030. The number of ether oxygens (including phenoxy) is 1. The highest BCUT2D eigenvalue weighted by Gasteiger charge is 2.10. The van der Waals surface area contributed by atoms with Crippen molar-refractivity contribution in [3.63, 3.8) is 0 Å². The number of nitrogens with zero attached hydrogens (tertiary/aromatic N) is 3. The summed E-state index contributed by atoms with van der Waals surface area (Å²) in [4.78, 5) is 7.22. The van der Waals surface area contributed by atoms with Gasteiger partial charge in [-0.25, -0.2) is 4.98 Å². The molecule has 0 aliphatic rings. The summed E-state index contributed by atoms with van der Waals surface area (Å²) in [5, 5.41) is 10.4. The third-order valence-corrected chi connectivity index (χ3v) is 3.86. The fourth-order valence-corrected chi connectivity index (χ4v) is 2.69. The van der Waals surface area contributed by atoms with Gasteiger partial charge in [-0.3, -0.25) is 0 Å². The number of rotatable bonds is 4. The van der Waals surface area contributed by atoms with Crippen molar-refractivity contribution in [3.05, 3.63) is 78.5 Å². The van der Waals surface area contributed by atoms with Gasteiger partial charge >= 0.3 is 0 Å². The summed E-state index contributed by atoms with van der Waals surface area (Å²) in [5.74, 6) is 1.26. The van der Waals surface area contributed by atoms with Gasteiger partial charge in [0.2, 0.25) is 0 Å². The van der Waals surface area contributed by atoms with Crippen LogP contribution >= 0.6 is 0 Å². The van der Waals surface area contributed by atoms with Crippen LogP contribution in [0.3, 0.4) is 0 Å². The number of aromatic nitrogens is 3. The van der Waals surface area contributed by atoms with Crippen LogP contribution in [-0.2, 0) is 6.54 Å². The minimum atomic E-state index is 0.507. The van der Waals surface area contributed by atoms with Crippen molar-refractivity contribution in [2.75, 3.05) is 0 Å². The number of para-hydroxylation sites is 1. The van der Waals surface area contributed by atoms with Gasteiger partial charge in [0.1, 0.15) is 11.8 Å². The zero-order valence-electron chi connectivity index (χ0n) is 12.8. The molecule has 0 saturated heterocycles. The zero-order chi connectivity index (χ0) is 16.4. The SMILES string of the molecule is N#Cc1ccc(Cn2ccnc2)cc1Oc1cccc2cc[nH]c12. The predicted molar refractivity (Wildman–Crippen MR) is 90.9 cm³/mol. The van der Waals surface area contributed by atoms with E-state index in [-0.39, 0.29) is 0 Å². The van der Waals surface area contributed by atoms with E-state index in [0.29, 0.717) is 23.6 Å². The van der Waals surface area contributed by atoms with Crippen molar-refractivity contribution in [2.24, 2.45) is 0 Å². The Kier molecular flexibility index (Phi) is 3.49. The molecule has 0 saturated carbocycles. The molecule has 2 aromatic heterocycles. The standard InChI is InChI=1S/C19H14N4O/c20-11-16-5-4-14(12-23-9-8-21-13-23)10-18(16)24-17-3-1-2-15-6-7-22-19(15)17/h1-10,13,22H,12H2. The Hall–Kier alpha value is -3.52. The first-order valence-electron chi connectivity index (χ1n) is 7.56. The van der Waals surface area contributed by atoms with E-state index >= 15 is 0 Å². The number of H-pyrrole nitrogens is 1. The summed E-state index contributed by atoms with van der Waals surface area (Å²) in [6.07, 6.45) is 7.28. The molecule has 2 heterocycles. The van der Waals surface area contributed by atoms with Crippen LogP contribution in [0.15, 0.2) is 67.4 Å². The van der Waals surface area contributed by atoms with E-state index < -0.39 is 0 Å². The van der Waals surface area contributed by atoms with Gasteiger partial charge in [-0.2, -0.15) is 5.26 Å². The van der Waals surface area contributed by atoms with Crippen LogP contribution in [0.25, 0.3) is 10.9 Å². The molecule has 0 amide bonds. The van der Waals surface area contributed by atoms with E-state index in [4.69, 9.17) is 4.74 Å². The molecule has 0 spiro atoms. The lowest BCUT2D eigenvalue weighted by atomic mass is 10.1. The van der Waals surface area contributed by atoms with Crippen molar-refractivity contribution in [1.29, 1.82) is 5.26 Å². The highest BCUT2D eigenvalue weighted by Crippen LogP contribution is 2.31. The lowest BCUT2D eigenvalue weighted by molar-refractivity contribution is 0.484. The van der Waals surface area contributed by atoms with Gasteiger partial charge in [0.25, 0.3) is 0 Å². The highest BCUT2D eigenvalue weighted by atomic mass is 16.5. The van der Waals surface area contributed by atoms with Crippen molar-refractivity contribution in [1.82, 2.24) is 14.5 Å². The first kappa shape index (κ1) is 14.1. The number of nitriles is 1. The molecule has 24 heavy (non-hydrogen) atoms. The number of imidazole rings is 1. The third kappa shape index (κ3) is 2.61. The van der Waals surface area contributed by atoms with Crippen molar-refractivity contribution < 1.29 is 4.74 Å². The molecule has 0 aliphatic heterocycles. The van der Waals surface area contributed by atoms with Gasteiger partial charge in [0.05, 0.1) is 17.4 Å². The van der Waals surface area contributed by atoms with Crippen LogP contribution in [0.2, 0.25) is 0 Å². The zero-order valence-corrected chi connectivity index (χ0v) is 12.8. The van der Waals surface area contributed by atoms with Crippen LogP contribution < -0.4 is 4.74 Å². The summed E-state index contributed by atoms with van der Waals surface area (Å²) in [6.45, 7) is 0.675. The quantitative estimate of drug-likeness (QED) is 0.617. The molecule has 0 fully saturated rings. The maximum absolute atomic E-state index is 9.36. The van der Waals surface area contributed by atoms with Gasteiger partial charge in [-0.15, -0.1) is 0 Å². The average Bonchev–Trinajstić information content (AvgIpc) is 3.27. The van der Waals surface area contributed by atoms with Crippen molar-refractivity contribution in [3.8, 4) is 17.6 Å². The molecule has 1 N–H and O–H groups in total. The van der Waals surface area contributed by atoms with Crippen molar-refractivity contribution in [2.45, 2.75) is 6.54 Å². The topological polar surface area (TPSA) is 66.6 Å². The lowest BCUT2D eigenvalue weighted by Crippen LogP contribution is -1.98. The molecule has 0 bridgehead atoms. The molecular formula is C19H14N4O. The summed E-state index contributed by atoms with van der Waals surface area (Å²) < 4.78 is 8.02. The molecule has 0 unspecified atom stereocenters. The highest BCUT2D eigenvalue weighted by molar-refractivity contribution is 5.85. The van der Waals surface area contributed by atoms with E-state index in [1.807, 2.05) is 53.4 Å². The van der Waals surface area contributed by atoms with E-state index in [9.17, 15) is 5.26 Å². The monoisotopic (exact) mass is 314 g/mol. The summed E-state index contributed by atoms with van der Waals surface area (Å²) in [5.41, 5.74) is 2.47. The normalized spacial score (nSPS) is 10.6. The minimum absolute atomic E-state index is 0.507. The summed E-state index contributed by atoms with van der Waals surface area (Å²) >= 11 is 0. The van der Waals surface area contributed by atoms with Crippen LogP contribution in [0.4, 0.5) is 0 Å². The molecule has 4 rings (SSSR count). The van der Waals surface area contributed by atoms with Gasteiger partial charge in [0.15, 0.2) is 5.75 Å². The number of nitrogens with one attached hydrogen (secondary N) is 1. The summed E-state index contributed by atoms with van der Waals surface area (Å²) in [6, 6.07) is 15.6. The second-order valence-corrected chi connectivity index (χ2v) is 5.48. The molecule has 0 aliphatic carbocycles. The maximum Gasteiger partial charge on any atom is 0.151 e. The van der Waals surface area contributed by atoms with Crippen LogP contribution in [0.1, 0.15) is 11.1 Å². The second kappa shape index (κ2) is 5.94. The van der Waals surface area contributed by atoms with E-state index in [2.05, 4.69) is 16.0 Å². The Balaban J connectivity index is 1.71. The molecule has 0 atom stereocenters. The first-order valence-corrected chi connectivity index (χ1v) is 7.56. The summed E-state index contributed by atoms with van der Waals surface area (Å²) in [7, 11) is 0. The average molecular weight is 314 g/mol. The van der Waals surface area contributed by atoms with E-state index in [1.165, 1.54) is 0 Å². The Morgan fingerprint density at radius 1 is 1.17 bits per heavy atom. The fourth-order valence-electron chi connectivity index (χ4n) is 2.69. The first-order chi connectivity index (χ1) is 11.8. The molecule has 0 radical (unpaired) electrons. The van der Waals surface area contributed by atoms with Crippen molar-refractivity contribution >= 4 is 10.9 Å². The largest absolute Gasteiger partial charge is 0.454 e. The van der Waals surface area contributed by atoms with E-state index in [1.54, 1.807) is 18.6 Å². The Morgan fingerprint density at radius 2 is 2.12 bits per heavy atom. The molecule has 4 aromatic rings. The molecular weight excluding hydrogens is 300 g/mol. The Labute approximate surface area is 138 Å². The number of benzene rings is 2. The van der Waals surface area contributed by atoms with Crippen LogP contribution in [0, 0.1) is 11.3 Å². The molecule has 5 nitrogen and oxygen atoms in total. The van der Waals surface area contributed by atoms with Crippen LogP contribution in [0.5, 0.6) is 11.5 Å². The minimum Gasteiger partial charge on any atom is -0.454 e.